The molecule has 0 bridgehead atoms. The quantitative estimate of drug-likeness (QED) is 0.520. The van der Waals surface area contributed by atoms with Gasteiger partial charge in [0, 0.05) is 13.3 Å². The van der Waals surface area contributed by atoms with Crippen molar-refractivity contribution in [2.24, 2.45) is 0 Å². The van der Waals surface area contributed by atoms with Crippen molar-refractivity contribution in [2.45, 2.75) is 4.90 Å². The van der Waals surface area contributed by atoms with Gasteiger partial charge in [-0.25, -0.2) is 18.4 Å². The number of carbonyl (C=O) groups is 1. The van der Waals surface area contributed by atoms with Gasteiger partial charge < -0.3 is 10.2 Å². The van der Waals surface area contributed by atoms with Gasteiger partial charge in [0.2, 0.25) is 5.91 Å². The lowest BCUT2D eigenvalue weighted by atomic mass is 10.3. The number of hydrogen-bond acceptors (Lipinski definition) is 8. The van der Waals surface area contributed by atoms with E-state index in [1.165, 1.54) is 28.7 Å². The number of hydrogen-bond donors (Lipinski definition) is 1. The SMILES string of the molecule is CN(CC(=O)Nc1nc2ccc(S(C)(=O)=O)cc2s1)c1nc2ccccc2s1. The first-order valence-corrected chi connectivity index (χ1v) is 11.8. The zero-order chi connectivity index (χ0) is 19.9. The Balaban J connectivity index is 1.48. The molecule has 0 aliphatic rings. The summed E-state index contributed by atoms with van der Waals surface area (Å²) in [6.45, 7) is 0.129. The molecule has 1 amide bonds. The third-order valence-electron chi connectivity index (χ3n) is 4.02. The monoisotopic (exact) mass is 432 g/mol. The Morgan fingerprint density at radius 3 is 2.57 bits per heavy atom. The van der Waals surface area contributed by atoms with Crippen LogP contribution in [0.3, 0.4) is 0 Å². The molecule has 28 heavy (non-hydrogen) atoms. The molecule has 0 fully saturated rings. The molecule has 0 saturated heterocycles. The van der Waals surface area contributed by atoms with E-state index in [1.807, 2.05) is 31.3 Å². The van der Waals surface area contributed by atoms with Crippen LogP contribution in [0.15, 0.2) is 47.4 Å². The predicted molar refractivity (Wildman–Crippen MR) is 114 cm³/mol. The van der Waals surface area contributed by atoms with Crippen LogP contribution in [0.25, 0.3) is 20.4 Å². The van der Waals surface area contributed by atoms with Crippen molar-refractivity contribution in [3.8, 4) is 0 Å². The minimum atomic E-state index is -3.29. The summed E-state index contributed by atoms with van der Waals surface area (Å²) in [5, 5.41) is 3.97. The summed E-state index contributed by atoms with van der Waals surface area (Å²) in [4.78, 5) is 23.3. The van der Waals surface area contributed by atoms with Gasteiger partial charge in [0.1, 0.15) is 0 Å². The number of thiazole rings is 2. The van der Waals surface area contributed by atoms with E-state index in [9.17, 15) is 13.2 Å². The maximum absolute atomic E-state index is 12.4. The zero-order valence-electron chi connectivity index (χ0n) is 15.0. The van der Waals surface area contributed by atoms with Gasteiger partial charge in [-0.15, -0.1) is 0 Å². The fraction of sp³-hybridized carbons (Fsp3) is 0.167. The van der Waals surface area contributed by atoms with Gasteiger partial charge in [-0.1, -0.05) is 34.8 Å². The molecule has 10 heteroatoms. The molecule has 4 rings (SSSR count). The lowest BCUT2D eigenvalue weighted by Gasteiger charge is -2.14. The molecule has 2 aromatic carbocycles. The highest BCUT2D eigenvalue weighted by molar-refractivity contribution is 7.90. The smallest absolute Gasteiger partial charge is 0.245 e. The number of anilines is 2. The highest BCUT2D eigenvalue weighted by Crippen LogP contribution is 2.29. The van der Waals surface area contributed by atoms with Crippen LogP contribution in [-0.4, -0.2) is 44.1 Å². The Morgan fingerprint density at radius 1 is 1.07 bits per heavy atom. The molecule has 0 saturated carbocycles. The maximum atomic E-state index is 12.4. The van der Waals surface area contributed by atoms with Crippen LogP contribution in [0, 0.1) is 0 Å². The molecule has 144 valence electrons. The van der Waals surface area contributed by atoms with E-state index in [-0.39, 0.29) is 17.3 Å². The summed E-state index contributed by atoms with van der Waals surface area (Å²) < 4.78 is 25.1. The Morgan fingerprint density at radius 2 is 1.82 bits per heavy atom. The first-order valence-electron chi connectivity index (χ1n) is 8.27. The normalized spacial score (nSPS) is 11.8. The average molecular weight is 433 g/mol. The van der Waals surface area contributed by atoms with E-state index in [1.54, 1.807) is 17.0 Å². The van der Waals surface area contributed by atoms with Gasteiger partial charge in [-0.2, -0.15) is 0 Å². The van der Waals surface area contributed by atoms with Crippen molar-refractivity contribution < 1.29 is 13.2 Å². The molecule has 0 atom stereocenters. The van der Waals surface area contributed by atoms with Crippen LogP contribution in [0.1, 0.15) is 0 Å². The Hall–Kier alpha value is -2.56. The molecule has 4 aromatic rings. The number of para-hydroxylation sites is 1. The number of aromatic nitrogens is 2. The molecule has 0 spiro atoms. The van der Waals surface area contributed by atoms with Crippen molar-refractivity contribution in [1.29, 1.82) is 0 Å². The van der Waals surface area contributed by atoms with Gasteiger partial charge in [-0.05, 0) is 30.3 Å². The van der Waals surface area contributed by atoms with Crippen molar-refractivity contribution in [3.05, 3.63) is 42.5 Å². The standard InChI is InChI=1S/C18H16N4O3S3/c1-22(18-20-12-5-3-4-6-14(12)27-18)10-16(23)21-17-19-13-8-7-11(28(2,24)25)9-15(13)26-17/h3-9H,10H2,1-2H3,(H,19,21,23). The van der Waals surface area contributed by atoms with Crippen molar-refractivity contribution >= 4 is 69.1 Å². The van der Waals surface area contributed by atoms with E-state index < -0.39 is 9.84 Å². The van der Waals surface area contributed by atoms with Crippen LogP contribution in [0.4, 0.5) is 10.3 Å². The highest BCUT2D eigenvalue weighted by atomic mass is 32.2. The van der Waals surface area contributed by atoms with E-state index in [0.29, 0.717) is 15.3 Å². The van der Waals surface area contributed by atoms with Crippen LogP contribution in [0.2, 0.25) is 0 Å². The number of nitrogens with zero attached hydrogens (tertiary/aromatic N) is 3. The van der Waals surface area contributed by atoms with Gasteiger partial charge >= 0.3 is 0 Å². The molecule has 7 nitrogen and oxygen atoms in total. The molecule has 2 aromatic heterocycles. The van der Waals surface area contributed by atoms with Crippen LogP contribution < -0.4 is 10.2 Å². The largest absolute Gasteiger partial charge is 0.342 e. The van der Waals surface area contributed by atoms with E-state index in [4.69, 9.17) is 0 Å². The van der Waals surface area contributed by atoms with Gasteiger partial charge in [0.05, 0.1) is 31.9 Å². The topological polar surface area (TPSA) is 92.3 Å². The number of sulfone groups is 1. The van der Waals surface area contributed by atoms with E-state index >= 15 is 0 Å². The number of nitrogens with one attached hydrogen (secondary N) is 1. The third-order valence-corrected chi connectivity index (χ3v) is 7.22. The van der Waals surface area contributed by atoms with Gasteiger partial charge in [0.25, 0.3) is 0 Å². The van der Waals surface area contributed by atoms with Gasteiger partial charge in [-0.3, -0.25) is 4.79 Å². The molecular formula is C18H16N4O3S3. The second-order valence-corrected chi connectivity index (χ2v) is 10.3. The molecule has 1 N–H and O–H groups in total. The summed E-state index contributed by atoms with van der Waals surface area (Å²) in [6.07, 6.45) is 1.16. The van der Waals surface area contributed by atoms with E-state index in [2.05, 4.69) is 15.3 Å². The number of fused-ring (bicyclic) bond motifs is 2. The summed E-state index contributed by atoms with van der Waals surface area (Å²) in [6, 6.07) is 12.6. The lowest BCUT2D eigenvalue weighted by Crippen LogP contribution is -2.29. The minimum Gasteiger partial charge on any atom is -0.342 e. The highest BCUT2D eigenvalue weighted by Gasteiger charge is 2.15. The second kappa shape index (κ2) is 7.12. The van der Waals surface area contributed by atoms with Crippen LogP contribution in [0.5, 0.6) is 0 Å². The third kappa shape index (κ3) is 3.84. The fourth-order valence-electron chi connectivity index (χ4n) is 2.65. The summed E-state index contributed by atoms with van der Waals surface area (Å²) >= 11 is 2.77. The second-order valence-electron chi connectivity index (χ2n) is 6.29. The lowest BCUT2D eigenvalue weighted by molar-refractivity contribution is -0.114. The molecule has 0 aliphatic heterocycles. The Kier molecular flexibility index (Phi) is 4.77. The zero-order valence-corrected chi connectivity index (χ0v) is 17.5. The van der Waals surface area contributed by atoms with Crippen LogP contribution in [-0.2, 0) is 14.6 Å². The number of carbonyl (C=O) groups excluding carboxylic acids is 1. The Labute approximate surface area is 169 Å². The predicted octanol–water partition coefficient (Wildman–Crippen LogP) is 3.38. The fourth-order valence-corrected chi connectivity index (χ4v) is 5.22. The van der Waals surface area contributed by atoms with Crippen molar-refractivity contribution in [3.63, 3.8) is 0 Å². The van der Waals surface area contributed by atoms with Crippen LogP contribution >= 0.6 is 22.7 Å². The molecule has 2 heterocycles. The van der Waals surface area contributed by atoms with Crippen molar-refractivity contribution in [2.75, 3.05) is 30.1 Å². The summed E-state index contributed by atoms with van der Waals surface area (Å²) in [5.41, 5.74) is 1.55. The number of benzene rings is 2. The Bertz CT molecular complexity index is 1260. The molecule has 0 radical (unpaired) electrons. The summed E-state index contributed by atoms with van der Waals surface area (Å²) in [7, 11) is -1.47. The first kappa shape index (κ1) is 18.8. The number of amides is 1. The first-order chi connectivity index (χ1) is 13.3. The summed E-state index contributed by atoms with van der Waals surface area (Å²) in [5.74, 6) is -0.218. The molecule has 0 aliphatic carbocycles. The average Bonchev–Trinajstić information content (AvgIpc) is 3.23. The molecular weight excluding hydrogens is 416 g/mol. The molecule has 0 unspecified atom stereocenters. The van der Waals surface area contributed by atoms with E-state index in [0.717, 1.165) is 21.6 Å². The van der Waals surface area contributed by atoms with Crippen molar-refractivity contribution in [1.82, 2.24) is 9.97 Å². The minimum absolute atomic E-state index is 0.129. The number of rotatable bonds is 5. The van der Waals surface area contributed by atoms with Gasteiger partial charge in [0.15, 0.2) is 20.1 Å². The number of likely N-dealkylation sites (N-methyl/N-ethyl adjacent to an activating group) is 1. The maximum Gasteiger partial charge on any atom is 0.245 e.